The molecule has 0 aromatic heterocycles. The number of nitrogens with one attached hydrogen (secondary N) is 3. The normalized spacial score (nSPS) is 11.5. The van der Waals surface area contributed by atoms with Crippen molar-refractivity contribution in [3.63, 3.8) is 0 Å². The van der Waals surface area contributed by atoms with Gasteiger partial charge in [0.1, 0.15) is 0 Å². The maximum atomic E-state index is 11.4. The Balaban J connectivity index is 2.33. The quantitative estimate of drug-likeness (QED) is 0.619. The molecule has 0 radical (unpaired) electrons. The van der Waals surface area contributed by atoms with Crippen molar-refractivity contribution in [2.45, 2.75) is 25.9 Å². The highest BCUT2D eigenvalue weighted by Crippen LogP contribution is 2.13. The Morgan fingerprint density at radius 2 is 2.00 bits per heavy atom. The fourth-order valence-electron chi connectivity index (χ4n) is 1.26. The van der Waals surface area contributed by atoms with Crippen LogP contribution in [0.15, 0.2) is 24.3 Å². The van der Waals surface area contributed by atoms with Crippen LogP contribution in [0.5, 0.6) is 0 Å². The molecular formula is C12H17ClN4O2. The lowest BCUT2D eigenvalue weighted by molar-refractivity contribution is -0.123. The first-order valence-corrected chi connectivity index (χ1v) is 6.25. The minimum Gasteiger partial charge on any atom is -0.333 e. The van der Waals surface area contributed by atoms with Crippen molar-refractivity contribution >= 4 is 23.5 Å². The number of amides is 3. The molecule has 19 heavy (non-hydrogen) atoms. The first-order chi connectivity index (χ1) is 9.04. The molecule has 5 N–H and O–H groups in total. The third-order valence-corrected chi connectivity index (χ3v) is 2.84. The summed E-state index contributed by atoms with van der Waals surface area (Å²) in [5.41, 5.74) is 10.7. The molecule has 0 bridgehead atoms. The minimum atomic E-state index is -0.635. The summed E-state index contributed by atoms with van der Waals surface area (Å²) in [5, 5.41) is 3.13. The number of rotatable bonds is 4. The molecule has 104 valence electrons. The molecule has 0 fully saturated rings. The van der Waals surface area contributed by atoms with E-state index in [2.05, 4.69) is 16.2 Å². The van der Waals surface area contributed by atoms with Crippen molar-refractivity contribution < 1.29 is 9.59 Å². The first-order valence-electron chi connectivity index (χ1n) is 5.87. The summed E-state index contributed by atoms with van der Waals surface area (Å²) in [6.07, 6.45) is 0.495. The van der Waals surface area contributed by atoms with Crippen molar-refractivity contribution in [3.05, 3.63) is 34.9 Å². The fourth-order valence-corrected chi connectivity index (χ4v) is 1.46. The molecule has 1 aromatic rings. The van der Waals surface area contributed by atoms with Crippen molar-refractivity contribution in [1.29, 1.82) is 0 Å². The van der Waals surface area contributed by atoms with Gasteiger partial charge in [-0.25, -0.2) is 10.2 Å². The van der Waals surface area contributed by atoms with Gasteiger partial charge in [-0.05, 0) is 18.1 Å². The van der Waals surface area contributed by atoms with Crippen LogP contribution in [0.3, 0.4) is 0 Å². The third kappa shape index (κ3) is 5.15. The Kier molecular flexibility index (Phi) is 6.11. The number of hydrazine groups is 1. The van der Waals surface area contributed by atoms with Crippen LogP contribution in [0.4, 0.5) is 4.79 Å². The van der Waals surface area contributed by atoms with Crippen LogP contribution in [0.1, 0.15) is 18.9 Å². The van der Waals surface area contributed by atoms with Crippen LogP contribution in [0, 0.1) is 0 Å². The average molecular weight is 285 g/mol. The Morgan fingerprint density at radius 3 is 2.63 bits per heavy atom. The van der Waals surface area contributed by atoms with E-state index in [0.29, 0.717) is 11.4 Å². The average Bonchev–Trinajstić information content (AvgIpc) is 2.42. The molecular weight excluding hydrogens is 268 g/mol. The summed E-state index contributed by atoms with van der Waals surface area (Å²) in [4.78, 5) is 22.7. The number of carbonyl (C=O) groups excluding carboxylic acids is 2. The summed E-state index contributed by atoms with van der Waals surface area (Å²) in [6.45, 7) is 2.04. The van der Waals surface area contributed by atoms with E-state index in [0.717, 1.165) is 5.56 Å². The zero-order valence-corrected chi connectivity index (χ0v) is 11.3. The minimum absolute atomic E-state index is 0.265. The van der Waals surface area contributed by atoms with E-state index >= 15 is 0 Å². The molecule has 0 spiro atoms. The van der Waals surface area contributed by atoms with Gasteiger partial charge in [0.15, 0.2) is 0 Å². The Labute approximate surface area is 116 Å². The number of hydrogen-bond donors (Lipinski definition) is 4. The number of benzene rings is 1. The lowest BCUT2D eigenvalue weighted by atomic mass is 10.2. The first kappa shape index (κ1) is 15.3. The second-order valence-electron chi connectivity index (χ2n) is 3.90. The molecule has 0 aliphatic carbocycles. The van der Waals surface area contributed by atoms with Gasteiger partial charge in [0, 0.05) is 11.6 Å². The van der Waals surface area contributed by atoms with Crippen LogP contribution >= 0.6 is 11.6 Å². The van der Waals surface area contributed by atoms with Gasteiger partial charge in [-0.2, -0.15) is 0 Å². The predicted molar refractivity (Wildman–Crippen MR) is 73.2 cm³/mol. The van der Waals surface area contributed by atoms with Gasteiger partial charge < -0.3 is 11.1 Å². The summed E-state index contributed by atoms with van der Waals surface area (Å²) >= 11 is 5.94. The maximum absolute atomic E-state index is 11.4. The van der Waals surface area contributed by atoms with Crippen LogP contribution in [-0.4, -0.2) is 18.0 Å². The van der Waals surface area contributed by atoms with Gasteiger partial charge in [-0.3, -0.25) is 10.2 Å². The molecule has 0 aliphatic heterocycles. The fraction of sp³-hybridized carbons (Fsp3) is 0.333. The molecule has 1 rings (SSSR count). The number of urea groups is 1. The molecule has 0 aliphatic rings. The van der Waals surface area contributed by atoms with Crippen LogP contribution in [0.25, 0.3) is 0 Å². The number of hydrogen-bond acceptors (Lipinski definition) is 3. The molecule has 1 unspecified atom stereocenters. The topological polar surface area (TPSA) is 96.2 Å². The van der Waals surface area contributed by atoms with E-state index < -0.39 is 18.0 Å². The van der Waals surface area contributed by atoms with Gasteiger partial charge in [0.05, 0.1) is 6.04 Å². The Hall–Kier alpha value is -1.79. The van der Waals surface area contributed by atoms with E-state index in [-0.39, 0.29) is 6.54 Å². The third-order valence-electron chi connectivity index (χ3n) is 2.47. The number of carbonyl (C=O) groups is 2. The zero-order chi connectivity index (χ0) is 14.3. The van der Waals surface area contributed by atoms with Gasteiger partial charge in [0.2, 0.25) is 0 Å². The largest absolute Gasteiger partial charge is 0.333 e. The van der Waals surface area contributed by atoms with Crippen LogP contribution in [0.2, 0.25) is 5.02 Å². The molecule has 1 atom stereocenters. The highest BCUT2D eigenvalue weighted by molar-refractivity contribution is 6.31. The second-order valence-corrected chi connectivity index (χ2v) is 4.31. The van der Waals surface area contributed by atoms with Crippen molar-refractivity contribution in [3.8, 4) is 0 Å². The monoisotopic (exact) mass is 284 g/mol. The lowest BCUT2D eigenvalue weighted by Gasteiger charge is -2.12. The second kappa shape index (κ2) is 7.60. The van der Waals surface area contributed by atoms with Gasteiger partial charge in [0.25, 0.3) is 5.91 Å². The van der Waals surface area contributed by atoms with Crippen molar-refractivity contribution in [2.75, 3.05) is 0 Å². The highest BCUT2D eigenvalue weighted by atomic mass is 35.5. The van der Waals surface area contributed by atoms with Crippen LogP contribution < -0.4 is 21.9 Å². The molecule has 0 saturated heterocycles. The standard InChI is InChI=1S/C12H17ClN4O2/c1-2-10(14)11(18)16-17-12(19)15-7-8-5-3-4-6-9(8)13/h3-6,10H,2,7,14H2,1H3,(H,16,18)(H2,15,17,19). The zero-order valence-electron chi connectivity index (χ0n) is 10.6. The number of halogens is 1. The highest BCUT2D eigenvalue weighted by Gasteiger charge is 2.11. The van der Waals surface area contributed by atoms with Gasteiger partial charge in [-0.1, -0.05) is 36.7 Å². The molecule has 6 nitrogen and oxygen atoms in total. The van der Waals surface area contributed by atoms with Crippen molar-refractivity contribution in [2.24, 2.45) is 5.73 Å². The van der Waals surface area contributed by atoms with Crippen LogP contribution in [-0.2, 0) is 11.3 Å². The molecule has 1 aromatic carbocycles. The van der Waals surface area contributed by atoms with E-state index in [1.807, 2.05) is 6.07 Å². The van der Waals surface area contributed by atoms with Crippen molar-refractivity contribution in [1.82, 2.24) is 16.2 Å². The van der Waals surface area contributed by atoms with Gasteiger partial charge >= 0.3 is 6.03 Å². The Bertz CT molecular complexity index is 453. The molecule has 7 heteroatoms. The van der Waals surface area contributed by atoms with E-state index in [4.69, 9.17) is 17.3 Å². The Morgan fingerprint density at radius 1 is 1.32 bits per heavy atom. The summed E-state index contributed by atoms with van der Waals surface area (Å²) < 4.78 is 0. The molecule has 0 heterocycles. The molecule has 3 amide bonds. The lowest BCUT2D eigenvalue weighted by Crippen LogP contribution is -2.51. The predicted octanol–water partition coefficient (Wildman–Crippen LogP) is 0.908. The maximum Gasteiger partial charge on any atom is 0.333 e. The van der Waals surface area contributed by atoms with E-state index in [9.17, 15) is 9.59 Å². The summed E-state index contributed by atoms with van der Waals surface area (Å²) in [6, 6.07) is 5.99. The summed E-state index contributed by atoms with van der Waals surface area (Å²) in [5.74, 6) is -0.435. The van der Waals surface area contributed by atoms with Gasteiger partial charge in [-0.15, -0.1) is 0 Å². The smallest absolute Gasteiger partial charge is 0.333 e. The number of nitrogens with two attached hydrogens (primary N) is 1. The molecule has 0 saturated carbocycles. The van der Waals surface area contributed by atoms with E-state index in [1.165, 1.54) is 0 Å². The summed E-state index contributed by atoms with van der Waals surface area (Å²) in [7, 11) is 0. The van der Waals surface area contributed by atoms with E-state index in [1.54, 1.807) is 25.1 Å². The SMILES string of the molecule is CCC(N)C(=O)NNC(=O)NCc1ccccc1Cl.